The molecule has 0 radical (unpaired) electrons. The van der Waals surface area contributed by atoms with Crippen LogP contribution in [0.15, 0.2) is 22.7 Å². The van der Waals surface area contributed by atoms with Gasteiger partial charge in [0.1, 0.15) is 5.82 Å². The number of nitrogens with zero attached hydrogens (tertiary/aromatic N) is 1. The number of likely N-dealkylation sites (tertiary alicyclic amines) is 1. The molecule has 0 aliphatic carbocycles. The van der Waals surface area contributed by atoms with Crippen LogP contribution in [-0.2, 0) is 11.3 Å². The van der Waals surface area contributed by atoms with E-state index >= 15 is 0 Å². The van der Waals surface area contributed by atoms with Crippen LogP contribution in [0.2, 0.25) is 0 Å². The normalized spacial score (nSPS) is 23.8. The zero-order valence-corrected chi connectivity index (χ0v) is 13.1. The predicted octanol–water partition coefficient (Wildman–Crippen LogP) is 3.67. The molecule has 0 spiro atoms. The van der Waals surface area contributed by atoms with Gasteiger partial charge in [-0.05, 0) is 44.0 Å². The van der Waals surface area contributed by atoms with Crippen LogP contribution in [0.25, 0.3) is 0 Å². The van der Waals surface area contributed by atoms with E-state index in [1.807, 2.05) is 11.8 Å². The highest BCUT2D eigenvalue weighted by Crippen LogP contribution is 2.34. The summed E-state index contributed by atoms with van der Waals surface area (Å²) in [6.07, 6.45) is 2.16. The predicted molar refractivity (Wildman–Crippen MR) is 79.0 cm³/mol. The summed E-state index contributed by atoms with van der Waals surface area (Å²) in [5.74, 6) is -0.976. The van der Waals surface area contributed by atoms with Crippen LogP contribution >= 0.6 is 15.9 Å². The van der Waals surface area contributed by atoms with Gasteiger partial charge < -0.3 is 5.11 Å². The van der Waals surface area contributed by atoms with Crippen LogP contribution in [0.5, 0.6) is 0 Å². The van der Waals surface area contributed by atoms with Crippen molar-refractivity contribution in [2.45, 2.75) is 32.7 Å². The molecule has 1 aromatic carbocycles. The summed E-state index contributed by atoms with van der Waals surface area (Å²) in [6.45, 7) is 3.68. The molecule has 1 aliphatic heterocycles. The van der Waals surface area contributed by atoms with Crippen molar-refractivity contribution in [3.8, 4) is 0 Å². The molecular weight excluding hydrogens is 325 g/mol. The van der Waals surface area contributed by atoms with Crippen LogP contribution in [-0.4, -0.2) is 29.1 Å². The molecule has 1 N–H and O–H groups in total. The third kappa shape index (κ3) is 3.20. The van der Waals surface area contributed by atoms with E-state index in [1.54, 1.807) is 12.1 Å². The molecule has 1 unspecified atom stereocenters. The van der Waals surface area contributed by atoms with E-state index < -0.39 is 11.4 Å². The van der Waals surface area contributed by atoms with Crippen LogP contribution in [0.1, 0.15) is 31.7 Å². The summed E-state index contributed by atoms with van der Waals surface area (Å²) in [5, 5.41) is 9.46. The fraction of sp³-hybridized carbons (Fsp3) is 0.533. The minimum Gasteiger partial charge on any atom is -0.481 e. The van der Waals surface area contributed by atoms with Crippen molar-refractivity contribution in [2.24, 2.45) is 5.41 Å². The number of aliphatic carboxylic acids is 1. The molecule has 0 bridgehead atoms. The Bertz CT molecular complexity index is 509. The van der Waals surface area contributed by atoms with Gasteiger partial charge in [-0.3, -0.25) is 9.69 Å². The van der Waals surface area contributed by atoms with E-state index in [-0.39, 0.29) is 5.82 Å². The lowest BCUT2D eigenvalue weighted by Crippen LogP contribution is -2.47. The molecule has 1 saturated heterocycles. The Morgan fingerprint density at radius 3 is 2.95 bits per heavy atom. The van der Waals surface area contributed by atoms with Gasteiger partial charge in [-0.1, -0.05) is 22.9 Å². The van der Waals surface area contributed by atoms with Crippen molar-refractivity contribution >= 4 is 21.9 Å². The van der Waals surface area contributed by atoms with Crippen LogP contribution in [0, 0.1) is 11.2 Å². The van der Waals surface area contributed by atoms with Crippen molar-refractivity contribution < 1.29 is 14.3 Å². The van der Waals surface area contributed by atoms with Gasteiger partial charge in [0.25, 0.3) is 0 Å². The Kier molecular flexibility index (Phi) is 4.81. The first kappa shape index (κ1) is 15.4. The van der Waals surface area contributed by atoms with Crippen molar-refractivity contribution in [3.05, 3.63) is 34.1 Å². The Morgan fingerprint density at radius 1 is 1.55 bits per heavy atom. The fourth-order valence-electron chi connectivity index (χ4n) is 2.88. The third-order valence-electron chi connectivity index (χ3n) is 4.19. The van der Waals surface area contributed by atoms with Crippen LogP contribution < -0.4 is 0 Å². The van der Waals surface area contributed by atoms with Gasteiger partial charge in [-0.2, -0.15) is 0 Å². The van der Waals surface area contributed by atoms with Gasteiger partial charge in [-0.25, -0.2) is 4.39 Å². The maximum absolute atomic E-state index is 13.8. The minimum absolute atomic E-state index is 0.240. The Balaban J connectivity index is 2.13. The van der Waals surface area contributed by atoms with Crippen molar-refractivity contribution in [2.75, 3.05) is 13.1 Å². The zero-order valence-electron chi connectivity index (χ0n) is 11.5. The molecule has 110 valence electrons. The van der Waals surface area contributed by atoms with Gasteiger partial charge in [0, 0.05) is 23.1 Å². The van der Waals surface area contributed by atoms with Gasteiger partial charge in [-0.15, -0.1) is 0 Å². The molecule has 3 nitrogen and oxygen atoms in total. The van der Waals surface area contributed by atoms with Crippen molar-refractivity contribution in [3.63, 3.8) is 0 Å². The van der Waals surface area contributed by atoms with E-state index in [2.05, 4.69) is 15.9 Å². The van der Waals surface area contributed by atoms with Gasteiger partial charge in [0.2, 0.25) is 0 Å². The lowest BCUT2D eigenvalue weighted by Gasteiger charge is -2.39. The van der Waals surface area contributed by atoms with E-state index in [9.17, 15) is 14.3 Å². The molecule has 2 rings (SSSR count). The lowest BCUT2D eigenvalue weighted by molar-refractivity contribution is -0.153. The van der Waals surface area contributed by atoms with Crippen molar-refractivity contribution in [1.82, 2.24) is 4.90 Å². The maximum Gasteiger partial charge on any atom is 0.310 e. The number of carboxylic acid groups (broad SMARTS) is 1. The molecule has 0 amide bonds. The first-order chi connectivity index (χ1) is 9.47. The third-order valence-corrected chi connectivity index (χ3v) is 4.68. The first-order valence-corrected chi connectivity index (χ1v) is 7.66. The van der Waals surface area contributed by atoms with Crippen molar-refractivity contribution in [1.29, 1.82) is 0 Å². The summed E-state index contributed by atoms with van der Waals surface area (Å²) in [4.78, 5) is 13.6. The second-order valence-electron chi connectivity index (χ2n) is 5.49. The minimum atomic E-state index is -0.737. The number of hydrogen-bond donors (Lipinski definition) is 1. The number of carbonyl (C=O) groups is 1. The van der Waals surface area contributed by atoms with Gasteiger partial charge >= 0.3 is 5.97 Å². The van der Waals surface area contributed by atoms with E-state index in [4.69, 9.17) is 0 Å². The van der Waals surface area contributed by atoms with Crippen LogP contribution in [0.4, 0.5) is 4.39 Å². The van der Waals surface area contributed by atoms with Gasteiger partial charge in [0.15, 0.2) is 0 Å². The number of benzene rings is 1. The number of rotatable bonds is 4. The molecule has 0 saturated carbocycles. The second kappa shape index (κ2) is 6.22. The maximum atomic E-state index is 13.8. The molecule has 1 aliphatic rings. The molecule has 5 heteroatoms. The summed E-state index contributed by atoms with van der Waals surface area (Å²) in [6, 6.07) is 4.87. The molecule has 1 aromatic rings. The summed E-state index contributed by atoms with van der Waals surface area (Å²) in [5.41, 5.74) is -0.0718. The highest BCUT2D eigenvalue weighted by Gasteiger charge is 2.40. The van der Waals surface area contributed by atoms with E-state index in [1.165, 1.54) is 6.07 Å². The average Bonchev–Trinajstić information content (AvgIpc) is 2.43. The highest BCUT2D eigenvalue weighted by atomic mass is 79.9. The zero-order chi connectivity index (χ0) is 14.8. The topological polar surface area (TPSA) is 40.5 Å². The molecule has 1 fully saturated rings. The van der Waals surface area contributed by atoms with Gasteiger partial charge in [0.05, 0.1) is 5.41 Å². The standard InChI is InChI=1S/C15H19BrFNO2/c1-2-15(14(19)20)6-3-7-18(10-15)9-11-8-12(16)4-5-13(11)17/h4-5,8H,2-3,6-7,9-10H2,1H3,(H,19,20). The van der Waals surface area contributed by atoms with E-state index in [0.717, 1.165) is 17.4 Å². The molecule has 20 heavy (non-hydrogen) atoms. The Labute approximate surface area is 126 Å². The number of hydrogen-bond acceptors (Lipinski definition) is 2. The Hall–Kier alpha value is -0.940. The summed E-state index contributed by atoms with van der Waals surface area (Å²) in [7, 11) is 0. The lowest BCUT2D eigenvalue weighted by atomic mass is 9.77. The largest absolute Gasteiger partial charge is 0.481 e. The monoisotopic (exact) mass is 343 g/mol. The molecule has 1 atom stereocenters. The molecular formula is C15H19BrFNO2. The quantitative estimate of drug-likeness (QED) is 0.906. The number of piperidine rings is 1. The number of halogens is 2. The average molecular weight is 344 g/mol. The summed E-state index contributed by atoms with van der Waals surface area (Å²) >= 11 is 3.34. The Morgan fingerprint density at radius 2 is 2.30 bits per heavy atom. The molecule has 1 heterocycles. The fourth-order valence-corrected chi connectivity index (χ4v) is 3.29. The smallest absolute Gasteiger partial charge is 0.310 e. The second-order valence-corrected chi connectivity index (χ2v) is 6.40. The van der Waals surface area contributed by atoms with E-state index in [0.29, 0.717) is 31.5 Å². The van der Waals surface area contributed by atoms with Crippen LogP contribution in [0.3, 0.4) is 0 Å². The number of carboxylic acids is 1. The molecule has 0 aromatic heterocycles. The highest BCUT2D eigenvalue weighted by molar-refractivity contribution is 9.10. The first-order valence-electron chi connectivity index (χ1n) is 6.86. The SMILES string of the molecule is CCC1(C(=O)O)CCCN(Cc2cc(Br)ccc2F)C1. The summed E-state index contributed by atoms with van der Waals surface area (Å²) < 4.78 is 14.6.